The molecule has 0 aromatic heterocycles. The van der Waals surface area contributed by atoms with Crippen molar-refractivity contribution in [2.24, 2.45) is 0 Å². The van der Waals surface area contributed by atoms with Crippen LogP contribution in [0.15, 0.2) is 60.7 Å². The molecule has 26 heavy (non-hydrogen) atoms. The molecule has 1 amide bonds. The normalized spacial score (nSPS) is 17.3. The Kier molecular flexibility index (Phi) is 5.26. The third kappa shape index (κ3) is 3.57. The molecule has 5 nitrogen and oxygen atoms in total. The van der Waals surface area contributed by atoms with Gasteiger partial charge in [-0.15, -0.1) is 0 Å². The van der Waals surface area contributed by atoms with Crippen LogP contribution in [0.4, 0.5) is 0 Å². The van der Waals surface area contributed by atoms with Gasteiger partial charge in [0, 0.05) is 13.1 Å². The average molecular weight is 353 g/mol. The molecular weight excluding hydrogens is 330 g/mol. The molecule has 1 atom stereocenters. The summed E-state index contributed by atoms with van der Waals surface area (Å²) in [6, 6.07) is 18.5. The number of amides is 1. The number of piperidine rings is 1. The van der Waals surface area contributed by atoms with Gasteiger partial charge in [-0.25, -0.2) is 0 Å². The van der Waals surface area contributed by atoms with E-state index in [0.717, 1.165) is 5.56 Å². The Morgan fingerprint density at radius 1 is 1.00 bits per heavy atom. The van der Waals surface area contributed by atoms with E-state index in [2.05, 4.69) is 0 Å². The molecule has 0 saturated carbocycles. The minimum Gasteiger partial charge on any atom is -0.481 e. The zero-order valence-electron chi connectivity index (χ0n) is 14.8. The Hall–Kier alpha value is -2.82. The first kappa shape index (κ1) is 18.0. The van der Waals surface area contributed by atoms with Crippen molar-refractivity contribution in [3.05, 3.63) is 66.2 Å². The zero-order chi connectivity index (χ0) is 18.6. The van der Waals surface area contributed by atoms with Crippen LogP contribution in [0, 0.1) is 0 Å². The molecule has 2 aromatic carbocycles. The fraction of sp³-hybridized carbons (Fsp3) is 0.333. The molecule has 0 radical (unpaired) electrons. The van der Waals surface area contributed by atoms with Crippen LogP contribution in [-0.2, 0) is 15.0 Å². The summed E-state index contributed by atoms with van der Waals surface area (Å²) in [6.07, 6.45) is 0.193. The summed E-state index contributed by atoms with van der Waals surface area (Å²) in [4.78, 5) is 26.4. The Morgan fingerprint density at radius 2 is 1.54 bits per heavy atom. The van der Waals surface area contributed by atoms with E-state index in [1.54, 1.807) is 11.8 Å². The lowest BCUT2D eigenvalue weighted by molar-refractivity contribution is -0.149. The van der Waals surface area contributed by atoms with Gasteiger partial charge in [-0.2, -0.15) is 0 Å². The van der Waals surface area contributed by atoms with Crippen molar-refractivity contribution < 1.29 is 19.4 Å². The average Bonchev–Trinajstić information content (AvgIpc) is 2.68. The summed E-state index contributed by atoms with van der Waals surface area (Å²) in [7, 11) is 0. The van der Waals surface area contributed by atoms with Crippen molar-refractivity contribution in [3.63, 3.8) is 0 Å². The number of nitrogens with zero attached hydrogens (tertiary/aromatic N) is 1. The van der Waals surface area contributed by atoms with Gasteiger partial charge in [0.2, 0.25) is 0 Å². The number of hydrogen-bond acceptors (Lipinski definition) is 3. The van der Waals surface area contributed by atoms with Gasteiger partial charge in [-0.05, 0) is 37.5 Å². The van der Waals surface area contributed by atoms with E-state index in [0.29, 0.717) is 31.7 Å². The molecule has 3 rings (SSSR count). The molecular formula is C21H23NO4. The maximum absolute atomic E-state index is 12.7. The number of carboxylic acid groups (broad SMARTS) is 1. The van der Waals surface area contributed by atoms with Crippen LogP contribution < -0.4 is 4.74 Å². The van der Waals surface area contributed by atoms with Gasteiger partial charge in [-0.1, -0.05) is 48.5 Å². The number of carboxylic acids is 1. The summed E-state index contributed by atoms with van der Waals surface area (Å²) < 4.78 is 5.71. The van der Waals surface area contributed by atoms with E-state index in [4.69, 9.17) is 4.74 Å². The summed E-state index contributed by atoms with van der Waals surface area (Å²) in [5.74, 6) is -0.292. The lowest BCUT2D eigenvalue weighted by atomic mass is 9.73. The molecule has 136 valence electrons. The van der Waals surface area contributed by atoms with E-state index in [1.807, 2.05) is 60.7 Å². The molecule has 0 aliphatic carbocycles. The summed E-state index contributed by atoms with van der Waals surface area (Å²) >= 11 is 0. The van der Waals surface area contributed by atoms with Crippen molar-refractivity contribution in [2.45, 2.75) is 31.3 Å². The number of benzene rings is 2. The second kappa shape index (κ2) is 7.60. The van der Waals surface area contributed by atoms with Crippen molar-refractivity contribution in [3.8, 4) is 5.75 Å². The maximum atomic E-state index is 12.7. The van der Waals surface area contributed by atoms with E-state index < -0.39 is 17.5 Å². The van der Waals surface area contributed by atoms with Crippen LogP contribution in [-0.4, -0.2) is 41.1 Å². The molecule has 0 spiro atoms. The quantitative estimate of drug-likeness (QED) is 0.897. The topological polar surface area (TPSA) is 66.8 Å². The monoisotopic (exact) mass is 353 g/mol. The van der Waals surface area contributed by atoms with Gasteiger partial charge in [0.25, 0.3) is 5.91 Å². The molecule has 1 heterocycles. The van der Waals surface area contributed by atoms with Gasteiger partial charge < -0.3 is 14.7 Å². The van der Waals surface area contributed by atoms with Crippen LogP contribution >= 0.6 is 0 Å². The number of hydrogen-bond donors (Lipinski definition) is 1. The first-order chi connectivity index (χ1) is 12.5. The molecule has 1 N–H and O–H groups in total. The standard InChI is InChI=1S/C21H23NO4/c1-16(26-18-10-6-3-7-11-18)19(23)22-14-12-21(13-15-22,20(24)25)17-8-4-2-5-9-17/h2-11,16H,12-15H2,1H3,(H,24,25)/t16-/m1/s1. The number of carbonyl (C=O) groups is 2. The SMILES string of the molecule is C[C@@H](Oc1ccccc1)C(=O)N1CCC(C(=O)O)(c2ccccc2)CC1. The number of aliphatic carboxylic acids is 1. The van der Waals surface area contributed by atoms with Gasteiger partial charge in [0.15, 0.2) is 6.10 Å². The fourth-order valence-electron chi connectivity index (χ4n) is 3.50. The number of ether oxygens (including phenoxy) is 1. The highest BCUT2D eigenvalue weighted by Crippen LogP contribution is 2.36. The zero-order valence-corrected chi connectivity index (χ0v) is 14.8. The van der Waals surface area contributed by atoms with Crippen LogP contribution in [0.5, 0.6) is 5.75 Å². The third-order valence-electron chi connectivity index (χ3n) is 5.07. The number of carbonyl (C=O) groups excluding carboxylic acids is 1. The minimum atomic E-state index is -0.929. The molecule has 1 fully saturated rings. The molecule has 1 aliphatic rings. The lowest BCUT2D eigenvalue weighted by Crippen LogP contribution is -2.51. The van der Waals surface area contributed by atoms with Crippen LogP contribution in [0.1, 0.15) is 25.3 Å². The number of rotatable bonds is 5. The Labute approximate surface area is 153 Å². The largest absolute Gasteiger partial charge is 0.481 e. The predicted molar refractivity (Wildman–Crippen MR) is 98.1 cm³/mol. The van der Waals surface area contributed by atoms with E-state index in [-0.39, 0.29) is 5.91 Å². The van der Waals surface area contributed by atoms with Crippen molar-refractivity contribution in [2.75, 3.05) is 13.1 Å². The first-order valence-corrected chi connectivity index (χ1v) is 8.82. The van der Waals surface area contributed by atoms with Crippen LogP contribution in [0.25, 0.3) is 0 Å². The molecule has 0 bridgehead atoms. The molecule has 5 heteroatoms. The Bertz CT molecular complexity index is 752. The fourth-order valence-corrected chi connectivity index (χ4v) is 3.50. The summed E-state index contributed by atoms with van der Waals surface area (Å²) in [5.41, 5.74) is -0.130. The predicted octanol–water partition coefficient (Wildman–Crippen LogP) is 3.10. The smallest absolute Gasteiger partial charge is 0.314 e. The molecule has 1 saturated heterocycles. The highest BCUT2D eigenvalue weighted by atomic mass is 16.5. The second-order valence-corrected chi connectivity index (χ2v) is 6.65. The van der Waals surface area contributed by atoms with Gasteiger partial charge in [0.05, 0.1) is 5.41 Å². The second-order valence-electron chi connectivity index (χ2n) is 6.65. The lowest BCUT2D eigenvalue weighted by Gasteiger charge is -2.40. The van der Waals surface area contributed by atoms with Crippen LogP contribution in [0.2, 0.25) is 0 Å². The minimum absolute atomic E-state index is 0.110. The molecule has 2 aromatic rings. The van der Waals surface area contributed by atoms with E-state index in [9.17, 15) is 14.7 Å². The Morgan fingerprint density at radius 3 is 2.08 bits per heavy atom. The van der Waals surface area contributed by atoms with Crippen molar-refractivity contribution in [1.82, 2.24) is 4.90 Å². The number of para-hydroxylation sites is 1. The van der Waals surface area contributed by atoms with Gasteiger partial charge >= 0.3 is 5.97 Å². The molecule has 0 unspecified atom stereocenters. The van der Waals surface area contributed by atoms with Crippen molar-refractivity contribution in [1.29, 1.82) is 0 Å². The van der Waals surface area contributed by atoms with Crippen molar-refractivity contribution >= 4 is 11.9 Å². The maximum Gasteiger partial charge on any atom is 0.314 e. The third-order valence-corrected chi connectivity index (χ3v) is 5.07. The molecule has 1 aliphatic heterocycles. The highest BCUT2D eigenvalue weighted by molar-refractivity contribution is 5.84. The van der Waals surface area contributed by atoms with E-state index >= 15 is 0 Å². The van der Waals surface area contributed by atoms with E-state index in [1.165, 1.54) is 0 Å². The van der Waals surface area contributed by atoms with Gasteiger partial charge in [0.1, 0.15) is 5.75 Å². The highest BCUT2D eigenvalue weighted by Gasteiger charge is 2.44. The number of likely N-dealkylation sites (tertiary alicyclic amines) is 1. The summed E-state index contributed by atoms with van der Waals surface area (Å²) in [6.45, 7) is 2.54. The first-order valence-electron chi connectivity index (χ1n) is 8.82. The van der Waals surface area contributed by atoms with Gasteiger partial charge in [-0.3, -0.25) is 9.59 Å². The Balaban J connectivity index is 1.67. The summed E-state index contributed by atoms with van der Waals surface area (Å²) in [5, 5.41) is 9.84. The van der Waals surface area contributed by atoms with Crippen LogP contribution in [0.3, 0.4) is 0 Å².